The van der Waals surface area contributed by atoms with Crippen molar-refractivity contribution in [3.8, 4) is 0 Å². The van der Waals surface area contributed by atoms with Gasteiger partial charge in [-0.25, -0.2) is 8.78 Å². The molecule has 30 heavy (non-hydrogen) atoms. The molecule has 0 radical (unpaired) electrons. The highest BCUT2D eigenvalue weighted by Crippen LogP contribution is 2.24. The Morgan fingerprint density at radius 1 is 1.23 bits per heavy atom. The van der Waals surface area contributed by atoms with Crippen LogP contribution in [-0.2, 0) is 6.54 Å². The number of hydrogen-bond donors (Lipinski definition) is 1. The molecule has 5 nitrogen and oxygen atoms in total. The van der Waals surface area contributed by atoms with Crippen molar-refractivity contribution in [1.29, 1.82) is 0 Å². The third kappa shape index (κ3) is 4.90. The van der Waals surface area contributed by atoms with Crippen molar-refractivity contribution >= 4 is 17.0 Å². The topological polar surface area (TPSA) is 50.4 Å². The van der Waals surface area contributed by atoms with E-state index in [1.807, 2.05) is 6.92 Å². The summed E-state index contributed by atoms with van der Waals surface area (Å²) < 4.78 is 34.9. The van der Waals surface area contributed by atoms with Gasteiger partial charge >= 0.3 is 0 Å². The summed E-state index contributed by atoms with van der Waals surface area (Å²) >= 11 is 0. The molecule has 1 amide bonds. The van der Waals surface area contributed by atoms with Crippen LogP contribution in [0.5, 0.6) is 0 Å². The number of halogens is 2. The van der Waals surface area contributed by atoms with Crippen molar-refractivity contribution in [3.63, 3.8) is 0 Å². The standard InChI is InChI=1S/C23H29F2N3O2/c1-4-27(5-2)12-7-8-16(3)26-23(29)20-14-21-19(11-13-30-21)28(20)15-17-9-6-10-18(24)22(17)25/h6,9-11,13-14,16H,4-5,7-8,12,15H2,1-3H3,(H,26,29). The Morgan fingerprint density at radius 3 is 2.73 bits per heavy atom. The van der Waals surface area contributed by atoms with Gasteiger partial charge in [-0.05, 0) is 45.5 Å². The fourth-order valence-corrected chi connectivity index (χ4v) is 3.71. The summed E-state index contributed by atoms with van der Waals surface area (Å²) in [5, 5.41) is 3.02. The van der Waals surface area contributed by atoms with Crippen molar-refractivity contribution < 1.29 is 18.0 Å². The van der Waals surface area contributed by atoms with Gasteiger partial charge in [-0.15, -0.1) is 0 Å². The van der Waals surface area contributed by atoms with E-state index in [0.29, 0.717) is 16.8 Å². The van der Waals surface area contributed by atoms with Gasteiger partial charge in [-0.2, -0.15) is 0 Å². The number of nitrogens with zero attached hydrogens (tertiary/aromatic N) is 2. The molecule has 7 heteroatoms. The molecular weight excluding hydrogens is 388 g/mol. The van der Waals surface area contributed by atoms with E-state index >= 15 is 0 Å². The predicted octanol–water partition coefficient (Wildman–Crippen LogP) is 4.80. The molecule has 2 heterocycles. The fraction of sp³-hybridized carbons (Fsp3) is 0.435. The van der Waals surface area contributed by atoms with Crippen LogP contribution in [0.3, 0.4) is 0 Å². The highest BCUT2D eigenvalue weighted by Gasteiger charge is 2.20. The molecule has 3 rings (SSSR count). The van der Waals surface area contributed by atoms with E-state index in [2.05, 4.69) is 24.1 Å². The molecule has 1 aromatic carbocycles. The second kappa shape index (κ2) is 9.89. The lowest BCUT2D eigenvalue weighted by Gasteiger charge is -2.20. The smallest absolute Gasteiger partial charge is 0.268 e. The van der Waals surface area contributed by atoms with Crippen molar-refractivity contribution in [2.24, 2.45) is 0 Å². The highest BCUT2D eigenvalue weighted by atomic mass is 19.2. The van der Waals surface area contributed by atoms with Gasteiger partial charge in [0, 0.05) is 23.7 Å². The number of benzene rings is 1. The lowest BCUT2D eigenvalue weighted by Crippen LogP contribution is -2.35. The lowest BCUT2D eigenvalue weighted by molar-refractivity contribution is 0.0928. The number of amides is 1. The minimum Gasteiger partial charge on any atom is -0.463 e. The minimum absolute atomic E-state index is 0.00591. The average molecular weight is 418 g/mol. The molecule has 1 N–H and O–H groups in total. The average Bonchev–Trinajstić information content (AvgIpc) is 3.31. The summed E-state index contributed by atoms with van der Waals surface area (Å²) in [5.41, 5.74) is 1.74. The normalized spacial score (nSPS) is 12.6. The van der Waals surface area contributed by atoms with Crippen LogP contribution in [0.4, 0.5) is 8.78 Å². The van der Waals surface area contributed by atoms with Crippen LogP contribution in [0.15, 0.2) is 41.0 Å². The van der Waals surface area contributed by atoms with E-state index in [9.17, 15) is 13.6 Å². The molecule has 0 bridgehead atoms. The van der Waals surface area contributed by atoms with Gasteiger partial charge in [0.25, 0.3) is 5.91 Å². The van der Waals surface area contributed by atoms with Crippen LogP contribution in [0.1, 0.15) is 49.7 Å². The first-order valence-electron chi connectivity index (χ1n) is 10.5. The Hall–Kier alpha value is -2.67. The van der Waals surface area contributed by atoms with Crippen molar-refractivity contribution in [1.82, 2.24) is 14.8 Å². The number of rotatable bonds is 10. The molecule has 0 saturated carbocycles. The van der Waals surface area contributed by atoms with Gasteiger partial charge in [0.15, 0.2) is 17.2 Å². The van der Waals surface area contributed by atoms with Crippen LogP contribution in [0.2, 0.25) is 0 Å². The van der Waals surface area contributed by atoms with Gasteiger partial charge < -0.3 is 19.2 Å². The predicted molar refractivity (Wildman–Crippen MR) is 114 cm³/mol. The maximum absolute atomic E-state index is 14.2. The Balaban J connectivity index is 1.74. The summed E-state index contributed by atoms with van der Waals surface area (Å²) in [7, 11) is 0. The van der Waals surface area contributed by atoms with E-state index in [1.165, 1.54) is 18.4 Å². The minimum atomic E-state index is -0.907. The second-order valence-electron chi connectivity index (χ2n) is 7.54. The fourth-order valence-electron chi connectivity index (χ4n) is 3.71. The molecule has 0 saturated heterocycles. The Kier molecular flexibility index (Phi) is 7.26. The van der Waals surface area contributed by atoms with Crippen molar-refractivity contribution in [3.05, 3.63) is 59.5 Å². The van der Waals surface area contributed by atoms with Gasteiger partial charge in [0.1, 0.15) is 5.69 Å². The van der Waals surface area contributed by atoms with E-state index in [4.69, 9.17) is 4.42 Å². The van der Waals surface area contributed by atoms with Crippen LogP contribution >= 0.6 is 0 Å². The van der Waals surface area contributed by atoms with E-state index < -0.39 is 11.6 Å². The summed E-state index contributed by atoms with van der Waals surface area (Å²) in [6.45, 7) is 9.31. The van der Waals surface area contributed by atoms with Gasteiger partial charge in [-0.3, -0.25) is 4.79 Å². The van der Waals surface area contributed by atoms with Crippen LogP contribution in [0.25, 0.3) is 11.1 Å². The largest absolute Gasteiger partial charge is 0.463 e. The lowest BCUT2D eigenvalue weighted by atomic mass is 10.1. The first kappa shape index (κ1) is 22.0. The molecule has 0 aliphatic heterocycles. The number of aromatic nitrogens is 1. The first-order chi connectivity index (χ1) is 14.4. The van der Waals surface area contributed by atoms with Gasteiger partial charge in [0.05, 0.1) is 18.3 Å². The maximum atomic E-state index is 14.2. The molecule has 1 atom stereocenters. The Morgan fingerprint density at radius 2 is 2.00 bits per heavy atom. The quantitative estimate of drug-likeness (QED) is 0.515. The molecule has 0 fully saturated rings. The zero-order valence-corrected chi connectivity index (χ0v) is 17.8. The van der Waals surface area contributed by atoms with Crippen LogP contribution < -0.4 is 5.32 Å². The zero-order chi connectivity index (χ0) is 21.7. The molecule has 0 aliphatic rings. The molecule has 162 valence electrons. The number of carbonyl (C=O) groups is 1. The number of carbonyl (C=O) groups excluding carboxylic acids is 1. The van der Waals surface area contributed by atoms with Crippen LogP contribution in [0, 0.1) is 11.6 Å². The van der Waals surface area contributed by atoms with E-state index in [-0.39, 0.29) is 24.1 Å². The molecule has 1 unspecified atom stereocenters. The van der Waals surface area contributed by atoms with Crippen molar-refractivity contribution in [2.45, 2.75) is 46.2 Å². The molecule has 0 spiro atoms. The third-order valence-electron chi connectivity index (χ3n) is 5.50. The molecule has 3 aromatic rings. The first-order valence-corrected chi connectivity index (χ1v) is 10.5. The van der Waals surface area contributed by atoms with E-state index in [0.717, 1.165) is 38.5 Å². The van der Waals surface area contributed by atoms with E-state index in [1.54, 1.807) is 16.7 Å². The number of furan rings is 1. The number of nitrogens with one attached hydrogen (secondary N) is 1. The molecular formula is C23H29F2N3O2. The molecule has 2 aromatic heterocycles. The zero-order valence-electron chi connectivity index (χ0n) is 17.8. The number of hydrogen-bond acceptors (Lipinski definition) is 3. The van der Waals surface area contributed by atoms with Gasteiger partial charge in [0.2, 0.25) is 0 Å². The van der Waals surface area contributed by atoms with Crippen molar-refractivity contribution in [2.75, 3.05) is 19.6 Å². The Bertz CT molecular complexity index is 992. The molecule has 0 aliphatic carbocycles. The summed E-state index contributed by atoms with van der Waals surface area (Å²) in [5.74, 6) is -2.07. The summed E-state index contributed by atoms with van der Waals surface area (Å²) in [4.78, 5) is 15.3. The highest BCUT2D eigenvalue weighted by molar-refractivity contribution is 5.97. The SMILES string of the molecule is CCN(CC)CCCC(C)NC(=O)c1cc2occc2n1Cc1cccc(F)c1F. The monoisotopic (exact) mass is 417 g/mol. The number of fused-ring (bicyclic) bond motifs is 1. The Labute approximate surface area is 175 Å². The summed E-state index contributed by atoms with van der Waals surface area (Å²) in [6.07, 6.45) is 3.36. The van der Waals surface area contributed by atoms with Crippen LogP contribution in [-0.4, -0.2) is 41.1 Å². The third-order valence-corrected chi connectivity index (χ3v) is 5.50. The van der Waals surface area contributed by atoms with Gasteiger partial charge in [-0.1, -0.05) is 26.0 Å². The maximum Gasteiger partial charge on any atom is 0.268 e. The summed E-state index contributed by atoms with van der Waals surface area (Å²) in [6, 6.07) is 7.41. The second-order valence-corrected chi connectivity index (χ2v) is 7.54.